The van der Waals surface area contributed by atoms with Crippen molar-refractivity contribution in [3.05, 3.63) is 198 Å². The highest BCUT2D eigenvalue weighted by molar-refractivity contribution is 5.97. The van der Waals surface area contributed by atoms with E-state index in [-0.39, 0.29) is 38.5 Å². The molecule has 14 heteroatoms. The van der Waals surface area contributed by atoms with E-state index in [1.54, 1.807) is 84.9 Å². The Morgan fingerprint density at radius 2 is 1.10 bits per heavy atom. The number of nitrogens with one attached hydrogen (secondary N) is 6. The van der Waals surface area contributed by atoms with Crippen LogP contribution in [0, 0.1) is 0 Å². The molecule has 0 fully saturated rings. The highest BCUT2D eigenvalue weighted by Crippen LogP contribution is 2.21. The van der Waals surface area contributed by atoms with E-state index in [0.717, 1.165) is 16.7 Å². The van der Waals surface area contributed by atoms with E-state index in [0.29, 0.717) is 34.4 Å². The fraction of sp³-hybridized carbons (Fsp3) is 0.218. The number of carboxylic acids is 1. The van der Waals surface area contributed by atoms with E-state index in [2.05, 4.69) is 31.9 Å². The van der Waals surface area contributed by atoms with E-state index in [1.165, 1.54) is 0 Å². The van der Waals surface area contributed by atoms with Gasteiger partial charge in [0, 0.05) is 37.8 Å². The molecular weight excluding hydrogens is 873 g/mol. The van der Waals surface area contributed by atoms with Crippen LogP contribution in [-0.4, -0.2) is 70.7 Å². The van der Waals surface area contributed by atoms with Gasteiger partial charge in [-0.1, -0.05) is 158 Å². The van der Waals surface area contributed by atoms with Gasteiger partial charge in [-0.2, -0.15) is 0 Å². The Morgan fingerprint density at radius 3 is 1.74 bits per heavy atom. The van der Waals surface area contributed by atoms with Gasteiger partial charge in [-0.3, -0.25) is 28.8 Å². The zero-order valence-electron chi connectivity index (χ0n) is 37.8. The molecule has 2 aliphatic rings. The number of hydrogen-bond acceptors (Lipinski definition) is 7. The van der Waals surface area contributed by atoms with Crippen LogP contribution in [0.5, 0.6) is 0 Å². The monoisotopic (exact) mass is 926 g/mol. The van der Waals surface area contributed by atoms with Crippen molar-refractivity contribution in [3.8, 4) is 11.1 Å². The number of hydrogen-bond donors (Lipinski definition) is 7. The average molecular weight is 927 g/mol. The van der Waals surface area contributed by atoms with Crippen molar-refractivity contribution >= 4 is 47.1 Å². The first kappa shape index (κ1) is 48.5. The Labute approximate surface area is 400 Å². The van der Waals surface area contributed by atoms with Crippen LogP contribution in [0.3, 0.4) is 0 Å². The number of benzene rings is 6. The zero-order chi connectivity index (χ0) is 48.5. The predicted molar refractivity (Wildman–Crippen MR) is 261 cm³/mol. The minimum atomic E-state index is -1.35. The molecule has 352 valence electrons. The van der Waals surface area contributed by atoms with E-state index < -0.39 is 71.6 Å². The number of aryl methyl sites for hydroxylation is 1. The summed E-state index contributed by atoms with van der Waals surface area (Å²) in [7, 11) is 0. The van der Waals surface area contributed by atoms with Crippen molar-refractivity contribution in [2.75, 3.05) is 5.32 Å². The lowest BCUT2D eigenvalue weighted by atomic mass is 9.98. The Bertz CT molecular complexity index is 2700. The molecule has 6 aromatic carbocycles. The number of fused-ring (bicyclic) bond motifs is 18. The molecule has 6 aromatic rings. The highest BCUT2D eigenvalue weighted by atomic mass is 16.4. The number of carboxylic acid groups (broad SMARTS) is 1. The van der Waals surface area contributed by atoms with Gasteiger partial charge >= 0.3 is 5.97 Å². The van der Waals surface area contributed by atoms with E-state index in [9.17, 15) is 38.7 Å². The van der Waals surface area contributed by atoms with Crippen LogP contribution in [0.2, 0.25) is 0 Å². The topological polar surface area (TPSA) is 212 Å². The summed E-state index contributed by atoms with van der Waals surface area (Å²) in [6, 6.07) is 43.9. The number of aliphatic carboxylic acids is 1. The van der Waals surface area contributed by atoms with Gasteiger partial charge in [0.25, 0.3) is 0 Å². The fourth-order valence-electron chi connectivity index (χ4n) is 8.05. The first-order chi connectivity index (χ1) is 33.5. The minimum Gasteiger partial charge on any atom is -0.480 e. The van der Waals surface area contributed by atoms with Crippen LogP contribution in [-0.2, 0) is 59.2 Å². The Kier molecular flexibility index (Phi) is 16.8. The number of rotatable bonds is 12. The van der Waals surface area contributed by atoms with E-state index >= 15 is 0 Å². The third kappa shape index (κ3) is 14.3. The van der Waals surface area contributed by atoms with Crippen molar-refractivity contribution in [1.82, 2.24) is 26.6 Å². The molecule has 0 aromatic heterocycles. The largest absolute Gasteiger partial charge is 0.480 e. The summed E-state index contributed by atoms with van der Waals surface area (Å²) in [4.78, 5) is 97.3. The van der Waals surface area contributed by atoms with Crippen molar-refractivity contribution in [3.63, 3.8) is 0 Å². The van der Waals surface area contributed by atoms with Gasteiger partial charge in [0.1, 0.15) is 30.2 Å². The molecule has 0 radical (unpaired) electrons. The summed E-state index contributed by atoms with van der Waals surface area (Å²) in [5.74, 6) is -5.25. The average Bonchev–Trinajstić information content (AvgIpc) is 3.37. The van der Waals surface area contributed by atoms with Crippen molar-refractivity contribution in [1.29, 1.82) is 0 Å². The van der Waals surface area contributed by atoms with Crippen molar-refractivity contribution in [2.45, 2.75) is 75.2 Å². The van der Waals surface area contributed by atoms with Crippen molar-refractivity contribution in [2.24, 2.45) is 0 Å². The number of carbonyl (C=O) groups excluding carboxylic acids is 6. The summed E-state index contributed by atoms with van der Waals surface area (Å²) in [5.41, 5.74) is 5.54. The molecule has 1 unspecified atom stereocenters. The molecule has 7 N–H and O–H groups in total. The molecule has 69 heavy (non-hydrogen) atoms. The van der Waals surface area contributed by atoms with Crippen LogP contribution >= 0.6 is 0 Å². The fourth-order valence-corrected chi connectivity index (χ4v) is 8.05. The molecule has 8 rings (SSSR count). The molecule has 6 amide bonds. The molecule has 0 spiro atoms. The molecule has 2 heterocycles. The summed E-state index contributed by atoms with van der Waals surface area (Å²) in [6.45, 7) is 0. The van der Waals surface area contributed by atoms with Crippen LogP contribution in [0.25, 0.3) is 11.1 Å². The zero-order valence-corrected chi connectivity index (χ0v) is 37.8. The molecule has 2 aliphatic heterocycles. The maximum Gasteiger partial charge on any atom is 0.326 e. The molecule has 2 bridgehead atoms. The number of anilines is 1. The maximum absolute atomic E-state index is 14.8. The molecule has 0 saturated heterocycles. The molecule has 14 nitrogen and oxygen atoms in total. The minimum absolute atomic E-state index is 0.0197. The van der Waals surface area contributed by atoms with Gasteiger partial charge in [-0.15, -0.1) is 0 Å². The summed E-state index contributed by atoms with van der Waals surface area (Å²) in [6.07, 6.45) is -0.204. The van der Waals surface area contributed by atoms with Crippen LogP contribution in [0.1, 0.15) is 53.1 Å². The molecular formula is C55H54N6O8. The number of amides is 6. The summed E-state index contributed by atoms with van der Waals surface area (Å²) in [5, 5.41) is 26.9. The Hall–Kier alpha value is -8.39. The van der Waals surface area contributed by atoms with Crippen LogP contribution in [0.15, 0.2) is 170 Å². The molecule has 0 saturated carbocycles. The van der Waals surface area contributed by atoms with Crippen LogP contribution < -0.4 is 31.9 Å². The van der Waals surface area contributed by atoms with E-state index in [1.807, 2.05) is 84.9 Å². The second-order valence-electron chi connectivity index (χ2n) is 16.9. The van der Waals surface area contributed by atoms with Gasteiger partial charge in [-0.05, 0) is 63.9 Å². The Morgan fingerprint density at radius 1 is 0.551 bits per heavy atom. The van der Waals surface area contributed by atoms with E-state index in [4.69, 9.17) is 0 Å². The second kappa shape index (κ2) is 23.9. The summed E-state index contributed by atoms with van der Waals surface area (Å²) >= 11 is 0. The normalized spacial score (nSPS) is 18.8. The third-order valence-electron chi connectivity index (χ3n) is 11.8. The lowest BCUT2D eigenvalue weighted by molar-refractivity contribution is -0.142. The van der Waals surface area contributed by atoms with Gasteiger partial charge in [0.05, 0.1) is 0 Å². The van der Waals surface area contributed by atoms with Crippen molar-refractivity contribution < 1.29 is 38.7 Å². The maximum atomic E-state index is 14.8. The van der Waals surface area contributed by atoms with Crippen LogP contribution in [0.4, 0.5) is 5.69 Å². The first-order valence-corrected chi connectivity index (χ1v) is 22.9. The SMILES string of the molecule is O=C1CCC(=O)NC(c2ccccc2)C(=O)N[C@@H](Cc2ccc(-c3ccccc3)cc2)C(=O)N[C@H](CCc2ccccc2)C(=O)N[C@H](C(=O)N[C@@H](Cc2ccccc2)C(=O)O)Cc2ccc(cc2)N1. The lowest BCUT2D eigenvalue weighted by Gasteiger charge is -2.27. The first-order valence-electron chi connectivity index (χ1n) is 22.9. The summed E-state index contributed by atoms with van der Waals surface area (Å²) < 4.78 is 0. The highest BCUT2D eigenvalue weighted by Gasteiger charge is 2.33. The van der Waals surface area contributed by atoms with Gasteiger partial charge in [-0.25, -0.2) is 4.79 Å². The van der Waals surface area contributed by atoms with Gasteiger partial charge < -0.3 is 37.0 Å². The quantitative estimate of drug-likeness (QED) is 0.0764. The van der Waals surface area contributed by atoms with Gasteiger partial charge in [0.2, 0.25) is 35.4 Å². The Balaban J connectivity index is 1.24. The molecule has 5 atom stereocenters. The standard InChI is InChI=1S/C55H54N6O8/c62-48-31-32-49(63)61-50(42-19-11-4-12-20-42)54(67)59-46(33-38-21-26-41(27-22-38)40-17-9-3-10-18-40)52(65)57-44(30-25-36-13-5-1-6-14-36)51(64)58-45(34-39-23-28-43(56-48)29-24-39)53(66)60-47(55(68)69)35-37-15-7-2-8-16-37/h1-24,26-29,44-47,50H,25,30-35H2,(H,56,62)(H,57,65)(H,58,64)(H,59,67)(H,60,66)(H,61,63)(H,68,69)/t44-,45+,46+,47+,50?/m1/s1. The third-order valence-corrected chi connectivity index (χ3v) is 11.8. The smallest absolute Gasteiger partial charge is 0.326 e. The van der Waals surface area contributed by atoms with Gasteiger partial charge in [0.15, 0.2) is 0 Å². The predicted octanol–water partition coefficient (Wildman–Crippen LogP) is 5.63. The molecule has 0 aliphatic carbocycles. The second-order valence-corrected chi connectivity index (χ2v) is 16.9. The lowest BCUT2D eigenvalue weighted by Crippen LogP contribution is -2.59. The number of carbonyl (C=O) groups is 7.